The first-order chi connectivity index (χ1) is 15.3. The van der Waals surface area contributed by atoms with Crippen molar-refractivity contribution < 1.29 is 19.4 Å². The molecule has 2 aromatic rings. The molecule has 3 aliphatic rings. The van der Waals surface area contributed by atoms with E-state index in [0.717, 1.165) is 76.8 Å². The molecule has 162 valence electrons. The molecule has 0 amide bonds. The van der Waals surface area contributed by atoms with Crippen molar-refractivity contribution in [1.82, 2.24) is 0 Å². The molecule has 7 nitrogen and oxygen atoms in total. The smallest absolute Gasteiger partial charge is 0.240 e. The summed E-state index contributed by atoms with van der Waals surface area (Å²) < 4.78 is 11.2. The van der Waals surface area contributed by atoms with Crippen molar-refractivity contribution in [1.29, 1.82) is 5.26 Å². The Hall–Kier alpha value is -2.66. The van der Waals surface area contributed by atoms with Gasteiger partial charge >= 0.3 is 0 Å². The van der Waals surface area contributed by atoms with E-state index in [4.69, 9.17) is 9.47 Å². The molecule has 1 unspecified atom stereocenters. The second kappa shape index (κ2) is 9.23. The number of aromatic amines is 1. The summed E-state index contributed by atoms with van der Waals surface area (Å²) in [5, 5.41) is 10.1. The molecule has 1 atom stereocenters. The van der Waals surface area contributed by atoms with Crippen molar-refractivity contribution in [2.75, 3.05) is 69.0 Å². The fourth-order valence-electron chi connectivity index (χ4n) is 5.03. The number of H-pyrrole nitrogens is 1. The Balaban J connectivity index is 1.53. The van der Waals surface area contributed by atoms with Crippen LogP contribution in [0.2, 0.25) is 0 Å². The number of hydrogen-bond donors (Lipinski definition) is 1. The Bertz CT molecular complexity index is 947. The fraction of sp³-hybridized carbons (Fsp3) is 0.500. The first kappa shape index (κ1) is 20.3. The van der Waals surface area contributed by atoms with E-state index in [9.17, 15) is 5.26 Å². The normalized spacial score (nSPS) is 21.5. The van der Waals surface area contributed by atoms with E-state index in [1.54, 1.807) is 4.90 Å². The first-order valence-electron chi connectivity index (χ1n) is 11.4. The van der Waals surface area contributed by atoms with E-state index < -0.39 is 0 Å². The van der Waals surface area contributed by atoms with Gasteiger partial charge in [-0.1, -0.05) is 30.3 Å². The van der Waals surface area contributed by atoms with E-state index in [0.29, 0.717) is 13.2 Å². The van der Waals surface area contributed by atoms with E-state index in [1.807, 2.05) is 0 Å². The van der Waals surface area contributed by atoms with E-state index in [2.05, 4.69) is 51.2 Å². The average molecular weight is 422 g/mol. The third kappa shape index (κ3) is 4.24. The molecular weight excluding hydrogens is 390 g/mol. The molecule has 5 rings (SSSR count). The topological polar surface area (TPSA) is 67.3 Å². The van der Waals surface area contributed by atoms with Crippen molar-refractivity contribution in [2.45, 2.75) is 19.5 Å². The Kier molecular flexibility index (Phi) is 6.03. The molecule has 4 heterocycles. The lowest BCUT2D eigenvalue weighted by molar-refractivity contribution is -0.929. The molecule has 7 heteroatoms. The number of quaternary nitrogens is 1. The highest BCUT2D eigenvalue weighted by Gasteiger charge is 2.35. The van der Waals surface area contributed by atoms with Crippen LogP contribution in [0, 0.1) is 11.3 Å². The molecule has 0 radical (unpaired) electrons. The van der Waals surface area contributed by atoms with Crippen LogP contribution in [0.15, 0.2) is 30.3 Å². The molecule has 0 bridgehead atoms. The lowest BCUT2D eigenvalue weighted by Crippen LogP contribution is -3.10. The number of ether oxygens (including phenoxy) is 2. The lowest BCUT2D eigenvalue weighted by Gasteiger charge is -2.33. The van der Waals surface area contributed by atoms with Gasteiger partial charge in [0.05, 0.1) is 64.7 Å². The summed E-state index contributed by atoms with van der Waals surface area (Å²) in [6.45, 7) is 9.29. The number of rotatable bonds is 4. The molecular formula is C24H31N5O2+2. The minimum atomic E-state index is 0.706. The van der Waals surface area contributed by atoms with Crippen LogP contribution in [0.1, 0.15) is 22.3 Å². The van der Waals surface area contributed by atoms with Gasteiger partial charge in [-0.05, 0) is 5.56 Å². The second-order valence-electron chi connectivity index (χ2n) is 8.55. The third-order valence-electron chi connectivity index (χ3n) is 6.64. The number of fused-ring (bicyclic) bond motifs is 1. The highest BCUT2D eigenvalue weighted by Crippen LogP contribution is 2.30. The predicted molar refractivity (Wildman–Crippen MR) is 117 cm³/mol. The number of nitriles is 1. The number of hydrogen-bond acceptors (Lipinski definition) is 5. The molecule has 2 saturated heterocycles. The monoisotopic (exact) mass is 421 g/mol. The van der Waals surface area contributed by atoms with E-state index in [-0.39, 0.29) is 0 Å². The van der Waals surface area contributed by atoms with Crippen LogP contribution in [0.4, 0.5) is 11.6 Å². The van der Waals surface area contributed by atoms with Gasteiger partial charge in [0, 0.05) is 12.0 Å². The third-order valence-corrected chi connectivity index (χ3v) is 6.64. The summed E-state index contributed by atoms with van der Waals surface area (Å²) >= 11 is 0. The van der Waals surface area contributed by atoms with Gasteiger partial charge in [-0.3, -0.25) is 9.80 Å². The van der Waals surface area contributed by atoms with Crippen molar-refractivity contribution in [2.24, 2.45) is 0 Å². The van der Waals surface area contributed by atoms with Gasteiger partial charge in [-0.15, -0.1) is 0 Å². The van der Waals surface area contributed by atoms with Crippen LogP contribution < -0.4 is 19.7 Å². The van der Waals surface area contributed by atoms with Crippen molar-refractivity contribution in [3.8, 4) is 6.07 Å². The zero-order valence-electron chi connectivity index (χ0n) is 18.0. The van der Waals surface area contributed by atoms with E-state index >= 15 is 0 Å². The lowest BCUT2D eigenvalue weighted by atomic mass is 9.94. The summed E-state index contributed by atoms with van der Waals surface area (Å²) in [6, 6.07) is 13.3. The zero-order chi connectivity index (χ0) is 21.0. The number of aromatic nitrogens is 1. The summed E-state index contributed by atoms with van der Waals surface area (Å²) in [5.41, 5.74) is 4.74. The van der Waals surface area contributed by atoms with Gasteiger partial charge < -0.3 is 14.4 Å². The first-order valence-corrected chi connectivity index (χ1v) is 11.4. The largest absolute Gasteiger partial charge is 0.375 e. The van der Waals surface area contributed by atoms with Crippen molar-refractivity contribution in [3.05, 3.63) is 52.6 Å². The van der Waals surface area contributed by atoms with Crippen molar-refractivity contribution in [3.63, 3.8) is 0 Å². The summed E-state index contributed by atoms with van der Waals surface area (Å²) in [4.78, 5) is 9.97. The highest BCUT2D eigenvalue weighted by atomic mass is 16.5. The molecule has 1 aromatic carbocycles. The van der Waals surface area contributed by atoms with E-state index in [1.165, 1.54) is 22.5 Å². The van der Waals surface area contributed by atoms with Gasteiger partial charge in [0.1, 0.15) is 24.7 Å². The summed E-state index contributed by atoms with van der Waals surface area (Å²) in [7, 11) is 0. The van der Waals surface area contributed by atoms with Crippen LogP contribution in [0.5, 0.6) is 0 Å². The number of benzene rings is 1. The molecule has 2 N–H and O–H groups in total. The van der Waals surface area contributed by atoms with Crippen LogP contribution >= 0.6 is 0 Å². The molecule has 0 saturated carbocycles. The summed E-state index contributed by atoms with van der Waals surface area (Å²) in [6.07, 6.45) is 0.934. The average Bonchev–Trinajstić information content (AvgIpc) is 2.84. The van der Waals surface area contributed by atoms with Gasteiger partial charge in [0.15, 0.2) is 0 Å². The number of nitrogens with one attached hydrogen (secondary N) is 2. The second-order valence-corrected chi connectivity index (χ2v) is 8.55. The predicted octanol–water partition coefficient (Wildman–Crippen LogP) is 0.187. The number of morpholine rings is 2. The zero-order valence-corrected chi connectivity index (χ0v) is 18.0. The quantitative estimate of drug-likeness (QED) is 0.763. The fourth-order valence-corrected chi connectivity index (χ4v) is 5.03. The molecule has 1 aromatic heterocycles. The van der Waals surface area contributed by atoms with Crippen LogP contribution in [-0.2, 0) is 29.0 Å². The number of anilines is 2. The highest BCUT2D eigenvalue weighted by molar-refractivity contribution is 5.62. The number of pyridine rings is 1. The van der Waals surface area contributed by atoms with Gasteiger partial charge in [0.2, 0.25) is 11.6 Å². The van der Waals surface area contributed by atoms with Gasteiger partial charge in [-0.25, -0.2) is 4.98 Å². The molecule has 0 aliphatic carbocycles. The van der Waals surface area contributed by atoms with Gasteiger partial charge in [-0.2, -0.15) is 5.26 Å². The Morgan fingerprint density at radius 1 is 0.903 bits per heavy atom. The maximum atomic E-state index is 10.1. The maximum absolute atomic E-state index is 10.1. The maximum Gasteiger partial charge on any atom is 0.240 e. The molecule has 3 aliphatic heterocycles. The Morgan fingerprint density at radius 2 is 1.55 bits per heavy atom. The molecule has 0 spiro atoms. The van der Waals surface area contributed by atoms with Crippen LogP contribution in [-0.4, -0.2) is 59.2 Å². The Labute approximate surface area is 183 Å². The minimum absolute atomic E-state index is 0.706. The van der Waals surface area contributed by atoms with Crippen molar-refractivity contribution >= 4 is 11.6 Å². The van der Waals surface area contributed by atoms with Crippen LogP contribution in [0.25, 0.3) is 0 Å². The van der Waals surface area contributed by atoms with Crippen LogP contribution in [0.3, 0.4) is 0 Å². The minimum Gasteiger partial charge on any atom is -0.375 e. The summed E-state index contributed by atoms with van der Waals surface area (Å²) in [5.74, 6) is 2.15. The number of nitrogens with zero attached hydrogens (tertiary/aromatic N) is 3. The Morgan fingerprint density at radius 3 is 2.19 bits per heavy atom. The van der Waals surface area contributed by atoms with Gasteiger partial charge in [0.25, 0.3) is 0 Å². The SMILES string of the molecule is N#Cc1c(N2CCOCC2)[nH+]c(N2CCOCC2)c2c1CC[NH+](Cc1ccccc1)C2. The molecule has 2 fully saturated rings. The molecule has 31 heavy (non-hydrogen) atoms. The standard InChI is InChI=1S/C24H29N5O2/c25-16-21-20-6-7-27(17-19-4-2-1-3-5-19)18-22(20)24(29-10-14-31-15-11-29)26-23(21)28-8-12-30-13-9-28/h1-5H,6-15,17-18H2/p+2.